The highest BCUT2D eigenvalue weighted by Crippen LogP contribution is 2.52. The molecule has 1 heterocycles. The molecule has 1 nitrogen and oxygen atoms in total. The first-order valence-electron chi connectivity index (χ1n) is 23.1. The molecular weight excluding hydrogens is 795 g/mol. The molecule has 0 fully saturated rings. The largest absolute Gasteiger partial charge is 0.309 e. The van der Waals surface area contributed by atoms with E-state index in [1.165, 1.54) is 127 Å². The Labute approximate surface area is 385 Å². The number of fused-ring (bicyclic) bond motifs is 7. The van der Waals surface area contributed by atoms with Crippen molar-refractivity contribution in [3.05, 3.63) is 248 Å². The Balaban J connectivity index is 0.998. The van der Waals surface area contributed by atoms with Crippen LogP contribution in [0.1, 0.15) is 25.0 Å². The van der Waals surface area contributed by atoms with Crippen molar-refractivity contribution in [2.24, 2.45) is 0 Å². The van der Waals surface area contributed by atoms with E-state index in [4.69, 9.17) is 0 Å². The van der Waals surface area contributed by atoms with Gasteiger partial charge in [-0.25, -0.2) is 0 Å². The van der Waals surface area contributed by atoms with Crippen LogP contribution in [-0.4, -0.2) is 4.57 Å². The zero-order valence-electron chi connectivity index (χ0n) is 37.0. The third-order valence-corrected chi connectivity index (χ3v) is 14.4. The lowest BCUT2D eigenvalue weighted by atomic mass is 9.80. The summed E-state index contributed by atoms with van der Waals surface area (Å²) < 4.78 is 2.44. The van der Waals surface area contributed by atoms with Gasteiger partial charge in [0, 0.05) is 11.1 Å². The first-order valence-corrected chi connectivity index (χ1v) is 23.1. The third kappa shape index (κ3) is 5.87. The molecule has 310 valence electrons. The molecule has 0 radical (unpaired) electrons. The Hall–Kier alpha value is -8.26. The zero-order valence-corrected chi connectivity index (χ0v) is 37.0. The molecule has 0 spiro atoms. The fraction of sp³-hybridized carbons (Fsp3) is 0.0462. The topological polar surface area (TPSA) is 4.93 Å². The highest BCUT2D eigenvalue weighted by Gasteiger charge is 2.36. The lowest BCUT2D eigenvalue weighted by Crippen LogP contribution is -2.15. The Morgan fingerprint density at radius 2 is 0.727 bits per heavy atom. The zero-order chi connectivity index (χ0) is 43.9. The standard InChI is InChI=1S/C65H45N/c1-65(2)59-40-47(31-34-51(59)52-36-33-48(41-60(52)65)66-61(44-19-5-3-6-20-44)37-38-62(66)45-21-7-4-8-22-45)46-32-35-57-58(39-46)64(54-30-16-24-43-18-10-12-26-50(43)54)56-28-14-13-27-55(56)63(57)53-29-15-23-42-17-9-11-25-49(42)53/h3-41H,1-2H3. The number of aromatic nitrogens is 1. The normalized spacial score (nSPS) is 12.8. The molecule has 0 unspecified atom stereocenters. The van der Waals surface area contributed by atoms with Gasteiger partial charge in [0.1, 0.15) is 0 Å². The highest BCUT2D eigenvalue weighted by atomic mass is 15.0. The van der Waals surface area contributed by atoms with Crippen LogP contribution in [0.25, 0.3) is 116 Å². The summed E-state index contributed by atoms with van der Waals surface area (Å²) in [7, 11) is 0. The molecule has 12 aromatic rings. The molecular formula is C65H45N. The third-order valence-electron chi connectivity index (χ3n) is 14.4. The Bertz CT molecular complexity index is 3820. The number of hydrogen-bond donors (Lipinski definition) is 0. The predicted octanol–water partition coefficient (Wildman–Crippen LogP) is 17.7. The van der Waals surface area contributed by atoms with Gasteiger partial charge in [-0.15, -0.1) is 0 Å². The van der Waals surface area contributed by atoms with Gasteiger partial charge in [0.2, 0.25) is 0 Å². The van der Waals surface area contributed by atoms with Crippen LogP contribution in [0.5, 0.6) is 0 Å². The van der Waals surface area contributed by atoms with Gasteiger partial charge >= 0.3 is 0 Å². The minimum absolute atomic E-state index is 0.230. The van der Waals surface area contributed by atoms with Crippen molar-refractivity contribution < 1.29 is 0 Å². The van der Waals surface area contributed by atoms with E-state index in [-0.39, 0.29) is 5.41 Å². The van der Waals surface area contributed by atoms with E-state index >= 15 is 0 Å². The van der Waals surface area contributed by atoms with E-state index < -0.39 is 0 Å². The van der Waals surface area contributed by atoms with Gasteiger partial charge in [0.05, 0.1) is 11.4 Å². The van der Waals surface area contributed by atoms with Crippen molar-refractivity contribution in [2.75, 3.05) is 0 Å². The van der Waals surface area contributed by atoms with Gasteiger partial charge in [0.15, 0.2) is 0 Å². The summed E-state index contributed by atoms with van der Waals surface area (Å²) >= 11 is 0. The van der Waals surface area contributed by atoms with Crippen LogP contribution in [0.2, 0.25) is 0 Å². The van der Waals surface area contributed by atoms with Crippen molar-refractivity contribution >= 4 is 43.1 Å². The lowest BCUT2D eigenvalue weighted by Gasteiger charge is -2.24. The summed E-state index contributed by atoms with van der Waals surface area (Å²) in [6.07, 6.45) is 0. The molecule has 13 rings (SSSR count). The van der Waals surface area contributed by atoms with Crippen molar-refractivity contribution in [3.8, 4) is 72.7 Å². The molecule has 0 saturated carbocycles. The highest BCUT2D eigenvalue weighted by molar-refractivity contribution is 6.25. The second kappa shape index (κ2) is 14.9. The molecule has 66 heavy (non-hydrogen) atoms. The molecule has 11 aromatic carbocycles. The minimum atomic E-state index is -0.230. The first-order chi connectivity index (χ1) is 32.5. The van der Waals surface area contributed by atoms with Crippen LogP contribution < -0.4 is 0 Å². The van der Waals surface area contributed by atoms with E-state index in [1.54, 1.807) is 0 Å². The van der Waals surface area contributed by atoms with Gasteiger partial charge in [-0.1, -0.05) is 214 Å². The summed E-state index contributed by atoms with van der Waals surface area (Å²) in [5, 5.41) is 10.1. The fourth-order valence-electron chi connectivity index (χ4n) is 11.3. The summed E-state index contributed by atoms with van der Waals surface area (Å²) in [4.78, 5) is 0. The van der Waals surface area contributed by atoms with Crippen molar-refractivity contribution in [1.82, 2.24) is 4.57 Å². The van der Waals surface area contributed by atoms with E-state index in [0.29, 0.717) is 0 Å². The van der Waals surface area contributed by atoms with Crippen LogP contribution in [0.4, 0.5) is 0 Å². The average molecular weight is 840 g/mol. The molecule has 1 aliphatic carbocycles. The number of hydrogen-bond acceptors (Lipinski definition) is 0. The molecule has 0 aliphatic heterocycles. The Morgan fingerprint density at radius 3 is 1.32 bits per heavy atom. The fourth-order valence-corrected chi connectivity index (χ4v) is 11.3. The van der Waals surface area contributed by atoms with Gasteiger partial charge in [-0.2, -0.15) is 0 Å². The maximum atomic E-state index is 2.48. The molecule has 1 aromatic heterocycles. The molecule has 1 aliphatic rings. The molecule has 0 bridgehead atoms. The van der Waals surface area contributed by atoms with E-state index in [1.807, 2.05) is 0 Å². The predicted molar refractivity (Wildman–Crippen MR) is 281 cm³/mol. The van der Waals surface area contributed by atoms with Crippen LogP contribution in [0.3, 0.4) is 0 Å². The quantitative estimate of drug-likeness (QED) is 0.147. The van der Waals surface area contributed by atoms with Crippen LogP contribution in [0.15, 0.2) is 237 Å². The first kappa shape index (κ1) is 38.2. The number of nitrogens with zero attached hydrogens (tertiary/aromatic N) is 1. The van der Waals surface area contributed by atoms with E-state index in [2.05, 4.69) is 255 Å². The Morgan fingerprint density at radius 1 is 0.288 bits per heavy atom. The van der Waals surface area contributed by atoms with Gasteiger partial charge in [-0.3, -0.25) is 0 Å². The summed E-state index contributed by atoms with van der Waals surface area (Å²) in [5.74, 6) is 0. The lowest BCUT2D eigenvalue weighted by molar-refractivity contribution is 0.660. The average Bonchev–Trinajstić information content (AvgIpc) is 3.92. The SMILES string of the molecule is CC1(C)c2cc(-c3ccc4c(-c5cccc6ccccc56)c5ccccc5c(-c5cccc6ccccc56)c4c3)ccc2-c2ccc(-n3c(-c4ccccc4)ccc3-c3ccccc3)cc21. The number of benzene rings is 11. The van der Waals surface area contributed by atoms with Gasteiger partial charge in [-0.05, 0) is 146 Å². The molecule has 0 amide bonds. The Kier molecular flexibility index (Phi) is 8.63. The van der Waals surface area contributed by atoms with E-state index in [9.17, 15) is 0 Å². The summed E-state index contributed by atoms with van der Waals surface area (Å²) in [5.41, 5.74) is 18.5. The van der Waals surface area contributed by atoms with Crippen LogP contribution in [0, 0.1) is 0 Å². The van der Waals surface area contributed by atoms with Crippen molar-refractivity contribution in [1.29, 1.82) is 0 Å². The van der Waals surface area contributed by atoms with Gasteiger partial charge < -0.3 is 4.57 Å². The second-order valence-corrected chi connectivity index (χ2v) is 18.4. The smallest absolute Gasteiger partial charge is 0.0535 e. The molecule has 0 saturated heterocycles. The molecule has 0 atom stereocenters. The van der Waals surface area contributed by atoms with Gasteiger partial charge in [0.25, 0.3) is 0 Å². The van der Waals surface area contributed by atoms with Crippen LogP contribution in [-0.2, 0) is 5.41 Å². The summed E-state index contributed by atoms with van der Waals surface area (Å²) in [6.45, 7) is 4.80. The summed E-state index contributed by atoms with van der Waals surface area (Å²) in [6, 6.07) is 87.7. The van der Waals surface area contributed by atoms with Crippen molar-refractivity contribution in [2.45, 2.75) is 19.3 Å². The second-order valence-electron chi connectivity index (χ2n) is 18.4. The maximum Gasteiger partial charge on any atom is 0.0535 e. The van der Waals surface area contributed by atoms with Crippen LogP contribution >= 0.6 is 0 Å². The van der Waals surface area contributed by atoms with Crippen molar-refractivity contribution in [3.63, 3.8) is 0 Å². The molecule has 0 N–H and O–H groups in total. The maximum absolute atomic E-state index is 2.48. The number of rotatable bonds is 6. The van der Waals surface area contributed by atoms with E-state index in [0.717, 1.165) is 0 Å². The molecule has 1 heteroatoms. The minimum Gasteiger partial charge on any atom is -0.309 e. The monoisotopic (exact) mass is 839 g/mol.